The summed E-state index contributed by atoms with van der Waals surface area (Å²) in [6.07, 6.45) is 7.82. The molecule has 0 radical (unpaired) electrons. The molecule has 0 unspecified atom stereocenters. The monoisotopic (exact) mass is 285 g/mol. The molecule has 2 aromatic rings. The van der Waals surface area contributed by atoms with Gasteiger partial charge in [0.2, 0.25) is 0 Å². The van der Waals surface area contributed by atoms with Crippen molar-refractivity contribution >= 4 is 5.96 Å². The van der Waals surface area contributed by atoms with Crippen LogP contribution in [0.25, 0.3) is 0 Å². The number of nitrogens with two attached hydrogens (primary N) is 1. The zero-order valence-electron chi connectivity index (χ0n) is 12.5. The minimum atomic E-state index is 0.517. The number of nitrogens with one attached hydrogen (secondary N) is 1. The summed E-state index contributed by atoms with van der Waals surface area (Å²) in [5, 5.41) is 3.12. The smallest absolute Gasteiger partial charge is 0.188 e. The molecule has 0 saturated heterocycles. The van der Waals surface area contributed by atoms with Gasteiger partial charge in [0, 0.05) is 25.5 Å². The van der Waals surface area contributed by atoms with E-state index in [9.17, 15) is 0 Å². The summed E-state index contributed by atoms with van der Waals surface area (Å²) in [5.74, 6) is 0.517. The SMILES string of the molecule is CCCCNC(N)=NCc1cccc(Cn2ccnc2)c1. The van der Waals surface area contributed by atoms with Crippen LogP contribution in [0, 0.1) is 0 Å². The molecule has 0 saturated carbocycles. The highest BCUT2D eigenvalue weighted by Gasteiger charge is 1.98. The number of imidazole rings is 1. The number of hydrogen-bond acceptors (Lipinski definition) is 2. The number of unbranched alkanes of at least 4 members (excludes halogenated alkanes) is 1. The van der Waals surface area contributed by atoms with Crippen LogP contribution in [0.4, 0.5) is 0 Å². The third kappa shape index (κ3) is 5.30. The molecule has 0 bridgehead atoms. The number of nitrogens with zero attached hydrogens (tertiary/aromatic N) is 3. The highest BCUT2D eigenvalue weighted by atomic mass is 15.1. The van der Waals surface area contributed by atoms with E-state index in [1.165, 1.54) is 5.56 Å². The Morgan fingerprint density at radius 2 is 2.24 bits per heavy atom. The van der Waals surface area contributed by atoms with Crippen molar-refractivity contribution in [3.05, 3.63) is 54.1 Å². The molecule has 0 amide bonds. The molecule has 0 fully saturated rings. The summed E-state index contributed by atoms with van der Waals surface area (Å²) >= 11 is 0. The Labute approximate surface area is 125 Å². The Kier molecular flexibility index (Phi) is 5.82. The molecule has 112 valence electrons. The van der Waals surface area contributed by atoms with E-state index in [1.807, 2.05) is 17.1 Å². The van der Waals surface area contributed by atoms with E-state index in [0.717, 1.165) is 31.5 Å². The zero-order chi connectivity index (χ0) is 14.9. The molecule has 0 aliphatic heterocycles. The van der Waals surface area contributed by atoms with Gasteiger partial charge >= 0.3 is 0 Å². The van der Waals surface area contributed by atoms with E-state index in [4.69, 9.17) is 5.73 Å². The average Bonchev–Trinajstić information content (AvgIpc) is 2.99. The largest absolute Gasteiger partial charge is 0.370 e. The van der Waals surface area contributed by atoms with E-state index in [-0.39, 0.29) is 0 Å². The molecule has 0 spiro atoms. The molecule has 2 rings (SSSR count). The molecule has 3 N–H and O–H groups in total. The van der Waals surface area contributed by atoms with Crippen molar-refractivity contribution in [1.82, 2.24) is 14.9 Å². The summed E-state index contributed by atoms with van der Waals surface area (Å²) in [6, 6.07) is 8.39. The maximum absolute atomic E-state index is 5.84. The average molecular weight is 285 g/mol. The predicted octanol–water partition coefficient (Wildman–Crippen LogP) is 2.14. The fourth-order valence-corrected chi connectivity index (χ4v) is 2.04. The Balaban J connectivity index is 1.90. The van der Waals surface area contributed by atoms with Gasteiger partial charge in [0.05, 0.1) is 12.9 Å². The number of aliphatic imine (C=N–C) groups is 1. The molecule has 5 heteroatoms. The zero-order valence-corrected chi connectivity index (χ0v) is 12.5. The van der Waals surface area contributed by atoms with Crippen LogP contribution in [0.3, 0.4) is 0 Å². The van der Waals surface area contributed by atoms with Crippen LogP contribution in [0.15, 0.2) is 48.0 Å². The second-order valence-corrected chi connectivity index (χ2v) is 5.04. The molecule has 1 aromatic heterocycles. The van der Waals surface area contributed by atoms with Crippen molar-refractivity contribution in [3.63, 3.8) is 0 Å². The first-order valence-corrected chi connectivity index (χ1v) is 7.35. The van der Waals surface area contributed by atoms with Crippen molar-refractivity contribution in [2.24, 2.45) is 10.7 Å². The van der Waals surface area contributed by atoms with Crippen LogP contribution in [-0.4, -0.2) is 22.1 Å². The van der Waals surface area contributed by atoms with Crippen molar-refractivity contribution in [2.75, 3.05) is 6.54 Å². The molecule has 0 aliphatic carbocycles. The van der Waals surface area contributed by atoms with Crippen molar-refractivity contribution in [2.45, 2.75) is 32.9 Å². The van der Waals surface area contributed by atoms with Crippen molar-refractivity contribution in [1.29, 1.82) is 0 Å². The molecular weight excluding hydrogens is 262 g/mol. The van der Waals surface area contributed by atoms with Crippen LogP contribution in [0.5, 0.6) is 0 Å². The highest BCUT2D eigenvalue weighted by Crippen LogP contribution is 2.08. The van der Waals surface area contributed by atoms with E-state index >= 15 is 0 Å². The first-order chi connectivity index (χ1) is 10.3. The van der Waals surface area contributed by atoms with E-state index < -0.39 is 0 Å². The fraction of sp³-hybridized carbons (Fsp3) is 0.375. The Hall–Kier alpha value is -2.30. The second kappa shape index (κ2) is 8.09. The normalized spacial score (nSPS) is 11.6. The third-order valence-electron chi connectivity index (χ3n) is 3.18. The minimum Gasteiger partial charge on any atom is -0.370 e. The Morgan fingerprint density at radius 3 is 3.00 bits per heavy atom. The molecule has 1 aromatic carbocycles. The quantitative estimate of drug-likeness (QED) is 0.465. The van der Waals surface area contributed by atoms with Crippen LogP contribution in [-0.2, 0) is 13.1 Å². The van der Waals surface area contributed by atoms with E-state index in [1.54, 1.807) is 6.20 Å². The standard InChI is InChI=1S/C16H23N5/c1-2-3-7-19-16(17)20-11-14-5-4-6-15(10-14)12-21-9-8-18-13-21/h4-6,8-10,13H,2-3,7,11-12H2,1H3,(H3,17,19,20). The number of hydrogen-bond donors (Lipinski definition) is 2. The van der Waals surface area contributed by atoms with Crippen molar-refractivity contribution in [3.8, 4) is 0 Å². The summed E-state index contributed by atoms with van der Waals surface area (Å²) < 4.78 is 2.04. The van der Waals surface area contributed by atoms with Gasteiger partial charge in [-0.05, 0) is 17.5 Å². The summed E-state index contributed by atoms with van der Waals surface area (Å²) in [6.45, 7) is 4.46. The number of rotatable bonds is 7. The third-order valence-corrected chi connectivity index (χ3v) is 3.18. The van der Waals surface area contributed by atoms with Gasteiger partial charge in [-0.2, -0.15) is 0 Å². The first-order valence-electron chi connectivity index (χ1n) is 7.35. The number of guanidine groups is 1. The predicted molar refractivity (Wildman–Crippen MR) is 86.0 cm³/mol. The van der Waals surface area contributed by atoms with Crippen LogP contribution < -0.4 is 11.1 Å². The first kappa shape index (κ1) is 15.1. The maximum Gasteiger partial charge on any atom is 0.188 e. The highest BCUT2D eigenvalue weighted by molar-refractivity contribution is 5.77. The number of aromatic nitrogens is 2. The lowest BCUT2D eigenvalue weighted by atomic mass is 10.1. The lowest BCUT2D eigenvalue weighted by Crippen LogP contribution is -2.32. The molecule has 0 atom stereocenters. The van der Waals surface area contributed by atoms with Gasteiger partial charge in [-0.25, -0.2) is 9.98 Å². The van der Waals surface area contributed by atoms with Gasteiger partial charge in [-0.1, -0.05) is 37.6 Å². The maximum atomic E-state index is 5.84. The lowest BCUT2D eigenvalue weighted by Gasteiger charge is -2.06. The van der Waals surface area contributed by atoms with Crippen LogP contribution in [0.1, 0.15) is 30.9 Å². The molecule has 0 aliphatic rings. The summed E-state index contributed by atoms with van der Waals surface area (Å²) in [5.41, 5.74) is 8.23. The van der Waals surface area contributed by atoms with Gasteiger partial charge in [-0.3, -0.25) is 0 Å². The molecule has 21 heavy (non-hydrogen) atoms. The lowest BCUT2D eigenvalue weighted by molar-refractivity contribution is 0.748. The van der Waals surface area contributed by atoms with E-state index in [2.05, 4.69) is 46.5 Å². The minimum absolute atomic E-state index is 0.517. The van der Waals surface area contributed by atoms with Crippen LogP contribution in [0.2, 0.25) is 0 Å². The molecule has 1 heterocycles. The topological polar surface area (TPSA) is 68.2 Å². The second-order valence-electron chi connectivity index (χ2n) is 5.04. The Morgan fingerprint density at radius 1 is 1.38 bits per heavy atom. The molecule has 5 nitrogen and oxygen atoms in total. The van der Waals surface area contributed by atoms with Gasteiger partial charge < -0.3 is 15.6 Å². The van der Waals surface area contributed by atoms with E-state index in [0.29, 0.717) is 12.5 Å². The van der Waals surface area contributed by atoms with Gasteiger partial charge in [0.15, 0.2) is 5.96 Å². The number of benzene rings is 1. The van der Waals surface area contributed by atoms with Gasteiger partial charge in [-0.15, -0.1) is 0 Å². The van der Waals surface area contributed by atoms with Gasteiger partial charge in [0.25, 0.3) is 0 Å². The fourth-order valence-electron chi connectivity index (χ4n) is 2.04. The van der Waals surface area contributed by atoms with Gasteiger partial charge in [0.1, 0.15) is 0 Å². The Bertz CT molecular complexity index is 560. The summed E-state index contributed by atoms with van der Waals surface area (Å²) in [7, 11) is 0. The summed E-state index contributed by atoms with van der Waals surface area (Å²) in [4.78, 5) is 8.42. The van der Waals surface area contributed by atoms with Crippen LogP contribution >= 0.6 is 0 Å². The molecular formula is C16H23N5. The van der Waals surface area contributed by atoms with Crippen molar-refractivity contribution < 1.29 is 0 Å².